The van der Waals surface area contributed by atoms with Gasteiger partial charge >= 0.3 is 0 Å². The lowest BCUT2D eigenvalue weighted by Crippen LogP contribution is -2.23. The Bertz CT molecular complexity index is 607. The van der Waals surface area contributed by atoms with Gasteiger partial charge in [0.25, 0.3) is 0 Å². The quantitative estimate of drug-likeness (QED) is 0.908. The lowest BCUT2D eigenvalue weighted by Gasteiger charge is -2.20. The molecule has 3 rings (SSSR count). The Morgan fingerprint density at radius 3 is 2.62 bits per heavy atom. The van der Waals surface area contributed by atoms with Gasteiger partial charge < -0.3 is 11.1 Å². The molecular formula is C18H21ClN2. The molecule has 0 bridgehead atoms. The SMILES string of the molecule is NCc1ccc2c(c1)C(Cc1ccc(Cl)cc1)NCCC2. The van der Waals surface area contributed by atoms with Gasteiger partial charge in [-0.25, -0.2) is 0 Å². The first-order chi connectivity index (χ1) is 10.3. The molecule has 1 aliphatic heterocycles. The molecule has 2 aromatic carbocycles. The number of nitrogens with two attached hydrogens (primary N) is 1. The van der Waals surface area contributed by atoms with E-state index in [0.29, 0.717) is 12.6 Å². The second-order valence-electron chi connectivity index (χ2n) is 5.68. The molecule has 0 fully saturated rings. The van der Waals surface area contributed by atoms with E-state index in [1.54, 1.807) is 0 Å². The zero-order chi connectivity index (χ0) is 14.7. The number of fused-ring (bicyclic) bond motifs is 1. The minimum absolute atomic E-state index is 0.357. The van der Waals surface area contributed by atoms with Crippen molar-refractivity contribution in [2.45, 2.75) is 31.8 Å². The Morgan fingerprint density at radius 1 is 1.10 bits per heavy atom. The predicted octanol–water partition coefficient (Wildman–Crippen LogP) is 3.62. The van der Waals surface area contributed by atoms with Gasteiger partial charge in [-0.1, -0.05) is 41.9 Å². The summed E-state index contributed by atoms with van der Waals surface area (Å²) in [5.41, 5.74) is 11.2. The Labute approximate surface area is 131 Å². The van der Waals surface area contributed by atoms with E-state index in [4.69, 9.17) is 17.3 Å². The minimum atomic E-state index is 0.357. The van der Waals surface area contributed by atoms with Crippen LogP contribution >= 0.6 is 11.6 Å². The lowest BCUT2D eigenvalue weighted by atomic mass is 9.92. The van der Waals surface area contributed by atoms with Crippen LogP contribution in [0.2, 0.25) is 5.02 Å². The fourth-order valence-electron chi connectivity index (χ4n) is 3.03. The van der Waals surface area contributed by atoms with Gasteiger partial charge in [-0.2, -0.15) is 0 Å². The largest absolute Gasteiger partial charge is 0.326 e. The standard InChI is InChI=1S/C18H21ClN2/c19-16-7-4-13(5-8-16)11-18-17-10-14(12-20)3-6-15(17)2-1-9-21-18/h3-8,10,18,21H,1-2,9,11-12,20H2. The van der Waals surface area contributed by atoms with Crippen LogP contribution in [0.15, 0.2) is 42.5 Å². The van der Waals surface area contributed by atoms with E-state index in [1.165, 1.54) is 28.7 Å². The molecule has 0 spiro atoms. The third-order valence-electron chi connectivity index (χ3n) is 4.19. The average molecular weight is 301 g/mol. The zero-order valence-electron chi connectivity index (χ0n) is 12.1. The molecule has 0 radical (unpaired) electrons. The third kappa shape index (κ3) is 3.46. The van der Waals surface area contributed by atoms with Crippen molar-refractivity contribution in [3.05, 3.63) is 69.7 Å². The summed E-state index contributed by atoms with van der Waals surface area (Å²) in [5, 5.41) is 4.47. The molecule has 21 heavy (non-hydrogen) atoms. The highest BCUT2D eigenvalue weighted by molar-refractivity contribution is 6.30. The fourth-order valence-corrected chi connectivity index (χ4v) is 3.15. The molecule has 0 amide bonds. The summed E-state index contributed by atoms with van der Waals surface area (Å²) in [6.45, 7) is 1.66. The molecule has 0 saturated carbocycles. The molecule has 2 nitrogen and oxygen atoms in total. The van der Waals surface area contributed by atoms with E-state index < -0.39 is 0 Å². The maximum atomic E-state index is 5.97. The monoisotopic (exact) mass is 300 g/mol. The van der Waals surface area contributed by atoms with Crippen LogP contribution in [0.5, 0.6) is 0 Å². The minimum Gasteiger partial charge on any atom is -0.326 e. The normalized spacial score (nSPS) is 18.1. The van der Waals surface area contributed by atoms with Gasteiger partial charge in [0.1, 0.15) is 0 Å². The van der Waals surface area contributed by atoms with E-state index in [1.807, 2.05) is 12.1 Å². The summed E-state index contributed by atoms with van der Waals surface area (Å²) < 4.78 is 0. The smallest absolute Gasteiger partial charge is 0.0406 e. The number of nitrogens with one attached hydrogen (secondary N) is 1. The van der Waals surface area contributed by atoms with E-state index in [-0.39, 0.29) is 0 Å². The third-order valence-corrected chi connectivity index (χ3v) is 4.44. The zero-order valence-corrected chi connectivity index (χ0v) is 12.9. The van der Waals surface area contributed by atoms with Crippen molar-refractivity contribution in [2.75, 3.05) is 6.54 Å². The van der Waals surface area contributed by atoms with Gasteiger partial charge in [-0.15, -0.1) is 0 Å². The number of hydrogen-bond acceptors (Lipinski definition) is 2. The predicted molar refractivity (Wildman–Crippen MR) is 88.6 cm³/mol. The Balaban J connectivity index is 1.90. The van der Waals surface area contributed by atoms with Crippen molar-refractivity contribution in [2.24, 2.45) is 5.73 Å². The van der Waals surface area contributed by atoms with Crippen molar-refractivity contribution in [1.82, 2.24) is 5.32 Å². The van der Waals surface area contributed by atoms with E-state index in [2.05, 4.69) is 35.6 Å². The first-order valence-electron chi connectivity index (χ1n) is 7.56. The van der Waals surface area contributed by atoms with Crippen LogP contribution in [-0.4, -0.2) is 6.54 Å². The van der Waals surface area contributed by atoms with Crippen molar-refractivity contribution in [1.29, 1.82) is 0 Å². The van der Waals surface area contributed by atoms with Crippen LogP contribution in [0, 0.1) is 0 Å². The first-order valence-corrected chi connectivity index (χ1v) is 7.93. The number of hydrogen-bond donors (Lipinski definition) is 2. The van der Waals surface area contributed by atoms with Crippen LogP contribution in [0.4, 0.5) is 0 Å². The van der Waals surface area contributed by atoms with Crippen molar-refractivity contribution in [3.8, 4) is 0 Å². The highest BCUT2D eigenvalue weighted by Crippen LogP contribution is 2.27. The van der Waals surface area contributed by atoms with Gasteiger partial charge in [0, 0.05) is 17.6 Å². The summed E-state index contributed by atoms with van der Waals surface area (Å²) in [5.74, 6) is 0. The Morgan fingerprint density at radius 2 is 1.86 bits per heavy atom. The number of benzene rings is 2. The van der Waals surface area contributed by atoms with Crippen molar-refractivity contribution in [3.63, 3.8) is 0 Å². The van der Waals surface area contributed by atoms with Gasteiger partial charge in [0.15, 0.2) is 0 Å². The molecule has 1 aliphatic rings. The summed E-state index contributed by atoms with van der Waals surface area (Å²) in [6, 6.07) is 15.2. The molecule has 3 N–H and O–H groups in total. The summed E-state index contributed by atoms with van der Waals surface area (Å²) >= 11 is 5.97. The van der Waals surface area contributed by atoms with Crippen LogP contribution in [0.25, 0.3) is 0 Å². The molecule has 3 heteroatoms. The molecule has 1 heterocycles. The van der Waals surface area contributed by atoms with Gasteiger partial charge in [0.05, 0.1) is 0 Å². The second kappa shape index (κ2) is 6.61. The van der Waals surface area contributed by atoms with Gasteiger partial charge in [-0.3, -0.25) is 0 Å². The van der Waals surface area contributed by atoms with E-state index in [0.717, 1.165) is 24.4 Å². The average Bonchev–Trinajstić information content (AvgIpc) is 2.71. The molecule has 1 atom stereocenters. The second-order valence-corrected chi connectivity index (χ2v) is 6.11. The van der Waals surface area contributed by atoms with Gasteiger partial charge in [0.2, 0.25) is 0 Å². The topological polar surface area (TPSA) is 38.0 Å². The summed E-state index contributed by atoms with van der Waals surface area (Å²) in [7, 11) is 0. The molecule has 110 valence electrons. The van der Waals surface area contributed by atoms with Crippen LogP contribution in [0.3, 0.4) is 0 Å². The van der Waals surface area contributed by atoms with Crippen LogP contribution < -0.4 is 11.1 Å². The number of halogens is 1. The van der Waals surface area contributed by atoms with Crippen molar-refractivity contribution < 1.29 is 0 Å². The van der Waals surface area contributed by atoms with E-state index >= 15 is 0 Å². The van der Waals surface area contributed by atoms with Crippen LogP contribution in [-0.2, 0) is 19.4 Å². The fraction of sp³-hybridized carbons (Fsp3) is 0.333. The Hall–Kier alpha value is -1.35. The molecule has 0 aliphatic carbocycles. The number of rotatable bonds is 3. The maximum Gasteiger partial charge on any atom is 0.0406 e. The molecule has 0 saturated heterocycles. The molecular weight excluding hydrogens is 280 g/mol. The van der Waals surface area contributed by atoms with E-state index in [9.17, 15) is 0 Å². The Kier molecular flexibility index (Phi) is 4.59. The molecule has 2 aromatic rings. The molecule has 0 aromatic heterocycles. The summed E-state index contributed by atoms with van der Waals surface area (Å²) in [4.78, 5) is 0. The van der Waals surface area contributed by atoms with Gasteiger partial charge in [-0.05, 0) is 60.2 Å². The molecule has 1 unspecified atom stereocenters. The number of aryl methyl sites for hydroxylation is 1. The highest BCUT2D eigenvalue weighted by Gasteiger charge is 2.18. The van der Waals surface area contributed by atoms with Crippen LogP contribution in [0.1, 0.15) is 34.7 Å². The highest BCUT2D eigenvalue weighted by atomic mass is 35.5. The first kappa shape index (κ1) is 14.6. The van der Waals surface area contributed by atoms with Crippen molar-refractivity contribution >= 4 is 11.6 Å². The lowest BCUT2D eigenvalue weighted by molar-refractivity contribution is 0.539. The summed E-state index contributed by atoms with van der Waals surface area (Å²) in [6.07, 6.45) is 3.31. The maximum absolute atomic E-state index is 5.97.